The number of hydrogen-bond donors (Lipinski definition) is 5. The summed E-state index contributed by atoms with van der Waals surface area (Å²) in [6.07, 6.45) is 3.96. The predicted octanol–water partition coefficient (Wildman–Crippen LogP) is 2.38. The van der Waals surface area contributed by atoms with Gasteiger partial charge in [0.2, 0.25) is 0 Å². The van der Waals surface area contributed by atoms with Crippen molar-refractivity contribution in [2.24, 2.45) is 11.5 Å². The highest BCUT2D eigenvalue weighted by Gasteiger charge is 2.60. The number of hydrogen-bond acceptors (Lipinski definition) is 8. The minimum atomic E-state index is -1.30. The van der Waals surface area contributed by atoms with Crippen molar-refractivity contribution >= 4 is 44.8 Å². The quantitative estimate of drug-likeness (QED) is 0.224. The van der Waals surface area contributed by atoms with Crippen LogP contribution in [0.15, 0.2) is 53.6 Å². The molecule has 0 spiro atoms. The summed E-state index contributed by atoms with van der Waals surface area (Å²) < 4.78 is 16.2. The van der Waals surface area contributed by atoms with Crippen molar-refractivity contribution in [3.8, 4) is 11.1 Å². The van der Waals surface area contributed by atoms with Gasteiger partial charge in [-0.2, -0.15) is 0 Å². The van der Waals surface area contributed by atoms with E-state index in [0.717, 1.165) is 5.69 Å². The van der Waals surface area contributed by atoms with Gasteiger partial charge in [0.15, 0.2) is 0 Å². The van der Waals surface area contributed by atoms with Gasteiger partial charge in [0.05, 0.1) is 27.8 Å². The minimum Gasteiger partial charge on any atom is -0.477 e. The van der Waals surface area contributed by atoms with E-state index >= 15 is 0 Å². The Morgan fingerprint density at radius 2 is 1.98 bits per heavy atom. The third-order valence-corrected chi connectivity index (χ3v) is 8.79. The smallest absolute Gasteiger partial charge is 0.341 e. The van der Waals surface area contributed by atoms with E-state index in [1.807, 2.05) is 13.1 Å². The molecule has 6 heterocycles. The van der Waals surface area contributed by atoms with Gasteiger partial charge < -0.3 is 36.7 Å². The minimum absolute atomic E-state index is 0.331. The van der Waals surface area contributed by atoms with Crippen LogP contribution in [0.1, 0.15) is 16.8 Å². The lowest BCUT2D eigenvalue weighted by atomic mass is 9.89. The van der Waals surface area contributed by atoms with Gasteiger partial charge in [0, 0.05) is 61.1 Å². The number of aromatic nitrogens is 3. The van der Waals surface area contributed by atoms with Crippen molar-refractivity contribution in [3.05, 3.63) is 70.5 Å². The van der Waals surface area contributed by atoms with Gasteiger partial charge in [-0.1, -0.05) is 6.07 Å². The van der Waals surface area contributed by atoms with E-state index in [2.05, 4.69) is 20.1 Å². The first-order valence-corrected chi connectivity index (χ1v) is 13.3. The molecule has 2 saturated heterocycles. The molecule has 2 atom stereocenters. The topological polar surface area (TPSA) is 158 Å². The third kappa shape index (κ3) is 3.44. The van der Waals surface area contributed by atoms with Gasteiger partial charge in [-0.25, -0.2) is 14.2 Å². The van der Waals surface area contributed by atoms with Gasteiger partial charge >= 0.3 is 5.97 Å². The zero-order valence-electron chi connectivity index (χ0n) is 22.5. The molecule has 0 saturated carbocycles. The molecule has 0 radical (unpaired) electrons. The molecule has 7 rings (SSSR count). The first kappa shape index (κ1) is 25.4. The average Bonchev–Trinajstić information content (AvgIpc) is 3.50. The maximum Gasteiger partial charge on any atom is 0.341 e. The normalized spacial score (nSPS) is 22.7. The Hall–Kier alpha value is -4.52. The third-order valence-electron chi connectivity index (χ3n) is 8.79. The predicted molar refractivity (Wildman–Crippen MR) is 156 cm³/mol. The van der Waals surface area contributed by atoms with Crippen molar-refractivity contribution < 1.29 is 14.3 Å². The molecular weight excluding hydrogens is 527 g/mol. The Morgan fingerprint density at radius 1 is 1.20 bits per heavy atom. The van der Waals surface area contributed by atoms with Crippen LogP contribution in [-0.2, 0) is 0 Å². The molecular formula is C29H29FN8O3. The second kappa shape index (κ2) is 8.49. The maximum absolute atomic E-state index is 14.9. The van der Waals surface area contributed by atoms with E-state index in [0.29, 0.717) is 70.3 Å². The molecule has 0 bridgehead atoms. The molecule has 0 amide bonds. The van der Waals surface area contributed by atoms with Crippen LogP contribution in [0.2, 0.25) is 0 Å². The summed E-state index contributed by atoms with van der Waals surface area (Å²) in [4.78, 5) is 37.0. The molecule has 41 heavy (non-hydrogen) atoms. The molecule has 0 unspecified atom stereocenters. The van der Waals surface area contributed by atoms with Crippen LogP contribution in [-0.4, -0.2) is 75.3 Å². The van der Waals surface area contributed by atoms with E-state index in [9.17, 15) is 19.1 Å². The number of aromatic carboxylic acids is 1. The Kier molecular flexibility index (Phi) is 5.27. The highest BCUT2D eigenvalue weighted by atomic mass is 19.1. The molecule has 11 nitrogen and oxygen atoms in total. The standard InChI is InChI=1S/C29H29FN8O3/c1-33-21-10-16(30)9-19-22-24(38-8-7-28(31)13-36(2)14-29(28,38)32)20(11-34-25(22)35-23(19)21)15-3-4-17-5-6-18(27(40)41)26(39)37(17)12-15/h3-6,9-12,33H,7-8,13-14,31-32H2,1-2H3,(H,34,35)(H,40,41)/t28-,29-/m1/s1. The second-order valence-corrected chi connectivity index (χ2v) is 11.2. The molecule has 0 aliphatic carbocycles. The summed E-state index contributed by atoms with van der Waals surface area (Å²) in [5.74, 6) is -1.71. The molecule has 2 aliphatic heterocycles. The lowest BCUT2D eigenvalue weighted by molar-refractivity contribution is 0.0694. The number of carboxylic acids is 1. The fourth-order valence-electron chi connectivity index (χ4n) is 6.83. The molecule has 1 aromatic carbocycles. The van der Waals surface area contributed by atoms with Crippen LogP contribution in [0.3, 0.4) is 0 Å². The molecule has 4 aromatic heterocycles. The van der Waals surface area contributed by atoms with Crippen molar-refractivity contribution in [2.75, 3.05) is 43.9 Å². The number of likely N-dealkylation sites (tertiary alicyclic amines) is 1. The first-order chi connectivity index (χ1) is 19.5. The zero-order valence-corrected chi connectivity index (χ0v) is 22.5. The number of halogens is 1. The SMILES string of the molecule is CNc1cc(F)cc2c1[nH]c1ncc(-c3ccc4ccc(C(=O)O)c(=O)n4c3)c(N3CC[C@@]4(N)CN(C)C[C@@]34N)c12. The Labute approximate surface area is 233 Å². The molecule has 12 heteroatoms. The molecule has 7 N–H and O–H groups in total. The number of carbonyl (C=O) groups is 1. The van der Waals surface area contributed by atoms with Crippen molar-refractivity contribution in [3.63, 3.8) is 0 Å². The molecule has 210 valence electrons. The summed E-state index contributed by atoms with van der Waals surface area (Å²) in [5, 5.41) is 13.9. The van der Waals surface area contributed by atoms with Crippen LogP contribution in [0.5, 0.6) is 0 Å². The van der Waals surface area contributed by atoms with Crippen LogP contribution in [0.4, 0.5) is 15.8 Å². The number of fused-ring (bicyclic) bond motifs is 5. The van der Waals surface area contributed by atoms with E-state index < -0.39 is 28.5 Å². The highest BCUT2D eigenvalue weighted by Crippen LogP contribution is 2.49. The van der Waals surface area contributed by atoms with Crippen molar-refractivity contribution in [2.45, 2.75) is 17.6 Å². The number of likely N-dealkylation sites (N-methyl/N-ethyl adjacent to an activating group) is 1. The Bertz CT molecular complexity index is 1990. The van der Waals surface area contributed by atoms with E-state index in [4.69, 9.17) is 16.5 Å². The number of H-pyrrole nitrogens is 1. The van der Waals surface area contributed by atoms with Gasteiger partial charge in [0.25, 0.3) is 5.56 Å². The summed E-state index contributed by atoms with van der Waals surface area (Å²) in [6, 6.07) is 9.40. The van der Waals surface area contributed by atoms with Gasteiger partial charge in [-0.15, -0.1) is 0 Å². The van der Waals surface area contributed by atoms with E-state index in [1.165, 1.54) is 22.6 Å². The van der Waals surface area contributed by atoms with Gasteiger partial charge in [-0.05, 0) is 43.8 Å². The van der Waals surface area contributed by atoms with Crippen molar-refractivity contribution in [1.29, 1.82) is 0 Å². The number of pyridine rings is 3. The number of anilines is 2. The first-order valence-electron chi connectivity index (χ1n) is 13.3. The number of nitrogens with two attached hydrogens (primary N) is 2. The fraction of sp³-hybridized carbons (Fsp3) is 0.276. The molecule has 5 aromatic rings. The number of carboxylic acid groups (broad SMARTS) is 1. The highest BCUT2D eigenvalue weighted by molar-refractivity contribution is 6.18. The average molecular weight is 557 g/mol. The number of nitrogens with zero attached hydrogens (tertiary/aromatic N) is 4. The number of aromatic amines is 1. The molecule has 2 aliphatic rings. The molecule has 2 fully saturated rings. The number of benzene rings is 1. The second-order valence-electron chi connectivity index (χ2n) is 11.2. The van der Waals surface area contributed by atoms with Gasteiger partial charge in [0.1, 0.15) is 22.7 Å². The largest absolute Gasteiger partial charge is 0.477 e. The fourth-order valence-corrected chi connectivity index (χ4v) is 6.83. The van der Waals surface area contributed by atoms with Crippen molar-refractivity contribution in [1.82, 2.24) is 19.3 Å². The summed E-state index contributed by atoms with van der Waals surface area (Å²) in [6.45, 7) is 1.70. The van der Waals surface area contributed by atoms with Crippen LogP contribution < -0.4 is 27.2 Å². The summed E-state index contributed by atoms with van der Waals surface area (Å²) in [5.41, 5.74) is 15.9. The Balaban J connectivity index is 1.57. The summed E-state index contributed by atoms with van der Waals surface area (Å²) in [7, 11) is 3.71. The Morgan fingerprint density at radius 3 is 2.73 bits per heavy atom. The summed E-state index contributed by atoms with van der Waals surface area (Å²) >= 11 is 0. The van der Waals surface area contributed by atoms with E-state index in [-0.39, 0.29) is 5.56 Å². The maximum atomic E-state index is 14.9. The van der Waals surface area contributed by atoms with Crippen LogP contribution in [0, 0.1) is 5.82 Å². The monoisotopic (exact) mass is 556 g/mol. The van der Waals surface area contributed by atoms with Gasteiger partial charge in [-0.3, -0.25) is 9.20 Å². The van der Waals surface area contributed by atoms with Crippen LogP contribution in [0.25, 0.3) is 38.6 Å². The lowest BCUT2D eigenvalue weighted by Crippen LogP contribution is -2.68. The number of nitrogens with one attached hydrogen (secondary N) is 2. The number of rotatable bonds is 4. The van der Waals surface area contributed by atoms with E-state index in [1.54, 1.807) is 31.6 Å². The lowest BCUT2D eigenvalue weighted by Gasteiger charge is -2.41. The van der Waals surface area contributed by atoms with Crippen LogP contribution >= 0.6 is 0 Å². The zero-order chi connectivity index (χ0) is 28.8.